The third-order valence-electron chi connectivity index (χ3n) is 4.14. The van der Waals surface area contributed by atoms with Crippen molar-refractivity contribution in [3.63, 3.8) is 0 Å². The third kappa shape index (κ3) is 2.82. The normalized spacial score (nSPS) is 15.0. The molecular weight excluding hydrogens is 260 g/mol. The van der Waals surface area contributed by atoms with Gasteiger partial charge in [-0.15, -0.1) is 0 Å². The van der Waals surface area contributed by atoms with E-state index >= 15 is 0 Å². The van der Waals surface area contributed by atoms with Crippen molar-refractivity contribution in [1.29, 1.82) is 0 Å². The van der Waals surface area contributed by atoms with Crippen LogP contribution in [0.25, 0.3) is 11.4 Å². The number of nitrogens with zero attached hydrogens (tertiary/aromatic N) is 3. The number of aryl methyl sites for hydroxylation is 1. The first kappa shape index (κ1) is 14.2. The lowest BCUT2D eigenvalue weighted by Crippen LogP contribution is -2.32. The molecule has 4 nitrogen and oxygen atoms in total. The number of rotatable bonds is 3. The van der Waals surface area contributed by atoms with Crippen LogP contribution >= 0.6 is 0 Å². The molecule has 0 atom stereocenters. The summed E-state index contributed by atoms with van der Waals surface area (Å²) in [6, 6.07) is 8.33. The van der Waals surface area contributed by atoms with Gasteiger partial charge in [0.25, 0.3) is 0 Å². The van der Waals surface area contributed by atoms with Gasteiger partial charge in [-0.25, -0.2) is 9.97 Å². The molecular formula is C17H22N4. The highest BCUT2D eigenvalue weighted by Gasteiger charge is 2.21. The maximum Gasteiger partial charge on any atom is 0.159 e. The molecule has 0 saturated heterocycles. The van der Waals surface area contributed by atoms with Crippen molar-refractivity contribution in [2.45, 2.75) is 33.4 Å². The molecule has 21 heavy (non-hydrogen) atoms. The first-order chi connectivity index (χ1) is 10.2. The fourth-order valence-electron chi connectivity index (χ4n) is 2.89. The topological polar surface area (TPSA) is 55.0 Å². The fraction of sp³-hybridized carbons (Fsp3) is 0.412. The van der Waals surface area contributed by atoms with Crippen LogP contribution in [-0.4, -0.2) is 28.0 Å². The second-order valence-electron chi connectivity index (χ2n) is 5.61. The summed E-state index contributed by atoms with van der Waals surface area (Å²) in [5.41, 5.74) is 11.6. The molecule has 0 aliphatic carbocycles. The Morgan fingerprint density at radius 3 is 2.86 bits per heavy atom. The van der Waals surface area contributed by atoms with Gasteiger partial charge in [-0.2, -0.15) is 0 Å². The lowest BCUT2D eigenvalue weighted by molar-refractivity contribution is 0.264. The van der Waals surface area contributed by atoms with Gasteiger partial charge in [-0.05, 0) is 19.5 Å². The second-order valence-corrected chi connectivity index (χ2v) is 5.61. The van der Waals surface area contributed by atoms with Crippen LogP contribution in [0.4, 0.5) is 0 Å². The summed E-state index contributed by atoms with van der Waals surface area (Å²) < 4.78 is 0. The second kappa shape index (κ2) is 5.92. The quantitative estimate of drug-likeness (QED) is 0.938. The van der Waals surface area contributed by atoms with Crippen LogP contribution in [0, 0.1) is 6.92 Å². The number of benzene rings is 1. The molecule has 0 saturated carbocycles. The number of fused-ring (bicyclic) bond motifs is 1. The highest BCUT2D eigenvalue weighted by molar-refractivity contribution is 5.57. The standard InChI is InChI=1S/C17H22N4/c1-3-21-8-7-15-14(11-21)16(10-18)20-17(19-15)13-6-4-5-12(2)9-13/h4-6,9H,3,7-8,10-11,18H2,1-2H3. The van der Waals surface area contributed by atoms with Crippen molar-refractivity contribution in [1.82, 2.24) is 14.9 Å². The summed E-state index contributed by atoms with van der Waals surface area (Å²) in [6.07, 6.45) is 0.984. The highest BCUT2D eigenvalue weighted by Crippen LogP contribution is 2.24. The van der Waals surface area contributed by atoms with E-state index < -0.39 is 0 Å². The van der Waals surface area contributed by atoms with Crippen molar-refractivity contribution in [2.24, 2.45) is 5.73 Å². The van der Waals surface area contributed by atoms with E-state index in [2.05, 4.69) is 43.0 Å². The summed E-state index contributed by atoms with van der Waals surface area (Å²) >= 11 is 0. The van der Waals surface area contributed by atoms with Crippen molar-refractivity contribution in [3.8, 4) is 11.4 Å². The SMILES string of the molecule is CCN1CCc2nc(-c3cccc(C)c3)nc(CN)c2C1. The lowest BCUT2D eigenvalue weighted by atomic mass is 10.0. The van der Waals surface area contributed by atoms with E-state index in [-0.39, 0.29) is 0 Å². The highest BCUT2D eigenvalue weighted by atomic mass is 15.1. The Morgan fingerprint density at radius 2 is 2.14 bits per heavy atom. The molecule has 2 N–H and O–H groups in total. The van der Waals surface area contributed by atoms with Gasteiger partial charge in [0.15, 0.2) is 5.82 Å². The average Bonchev–Trinajstić information content (AvgIpc) is 2.53. The van der Waals surface area contributed by atoms with Crippen LogP contribution in [0.5, 0.6) is 0 Å². The van der Waals surface area contributed by atoms with E-state index in [1.54, 1.807) is 0 Å². The Labute approximate surface area is 126 Å². The maximum absolute atomic E-state index is 5.93. The van der Waals surface area contributed by atoms with Crippen LogP contribution in [-0.2, 0) is 19.5 Å². The molecule has 0 spiro atoms. The minimum absolute atomic E-state index is 0.473. The molecule has 1 aromatic carbocycles. The van der Waals surface area contributed by atoms with Crippen LogP contribution in [0.1, 0.15) is 29.4 Å². The first-order valence-corrected chi connectivity index (χ1v) is 7.59. The monoisotopic (exact) mass is 282 g/mol. The first-order valence-electron chi connectivity index (χ1n) is 7.59. The van der Waals surface area contributed by atoms with Crippen molar-refractivity contribution in [2.75, 3.05) is 13.1 Å². The zero-order valence-corrected chi connectivity index (χ0v) is 12.8. The fourth-order valence-corrected chi connectivity index (χ4v) is 2.89. The van der Waals surface area contributed by atoms with E-state index in [4.69, 9.17) is 15.7 Å². The molecule has 1 aromatic heterocycles. The van der Waals surface area contributed by atoms with Gasteiger partial charge in [0.2, 0.25) is 0 Å². The van der Waals surface area contributed by atoms with Crippen LogP contribution in [0.3, 0.4) is 0 Å². The smallest absolute Gasteiger partial charge is 0.159 e. The van der Waals surface area contributed by atoms with Gasteiger partial charge in [0, 0.05) is 37.2 Å². The van der Waals surface area contributed by atoms with E-state index in [1.807, 2.05) is 0 Å². The maximum atomic E-state index is 5.93. The van der Waals surface area contributed by atoms with E-state index in [9.17, 15) is 0 Å². The Balaban J connectivity index is 2.05. The van der Waals surface area contributed by atoms with Crippen molar-refractivity contribution >= 4 is 0 Å². The molecule has 1 aliphatic rings. The molecule has 0 fully saturated rings. The molecule has 4 heteroatoms. The predicted molar refractivity (Wildman–Crippen MR) is 84.8 cm³/mol. The average molecular weight is 282 g/mol. The van der Waals surface area contributed by atoms with Crippen molar-refractivity contribution < 1.29 is 0 Å². The number of likely N-dealkylation sites (N-methyl/N-ethyl adjacent to an activating group) is 1. The molecule has 110 valence electrons. The number of hydrogen-bond donors (Lipinski definition) is 1. The number of hydrogen-bond acceptors (Lipinski definition) is 4. The Kier molecular flexibility index (Phi) is 3.99. The minimum Gasteiger partial charge on any atom is -0.325 e. The van der Waals surface area contributed by atoms with Crippen molar-refractivity contribution in [3.05, 3.63) is 46.8 Å². The molecule has 2 aromatic rings. The molecule has 3 rings (SSSR count). The zero-order chi connectivity index (χ0) is 14.8. The van der Waals surface area contributed by atoms with Crippen LogP contribution in [0.2, 0.25) is 0 Å². The van der Waals surface area contributed by atoms with Gasteiger partial charge in [-0.3, -0.25) is 4.90 Å². The lowest BCUT2D eigenvalue weighted by Gasteiger charge is -2.28. The van der Waals surface area contributed by atoms with Crippen LogP contribution in [0.15, 0.2) is 24.3 Å². The molecule has 0 bridgehead atoms. The predicted octanol–water partition coefficient (Wildman–Crippen LogP) is 2.29. The molecule has 0 unspecified atom stereocenters. The van der Waals surface area contributed by atoms with Gasteiger partial charge >= 0.3 is 0 Å². The summed E-state index contributed by atoms with van der Waals surface area (Å²) in [4.78, 5) is 11.9. The Hall–Kier alpha value is -1.78. The number of nitrogens with two attached hydrogens (primary N) is 1. The molecule has 0 amide bonds. The number of aromatic nitrogens is 2. The van der Waals surface area contributed by atoms with Gasteiger partial charge in [-0.1, -0.05) is 30.7 Å². The van der Waals surface area contributed by atoms with Gasteiger partial charge in [0.05, 0.1) is 11.4 Å². The van der Waals surface area contributed by atoms with Crippen LogP contribution < -0.4 is 5.73 Å². The zero-order valence-electron chi connectivity index (χ0n) is 12.8. The largest absolute Gasteiger partial charge is 0.325 e. The van der Waals surface area contributed by atoms with E-state index in [0.29, 0.717) is 6.54 Å². The summed E-state index contributed by atoms with van der Waals surface area (Å²) in [6.45, 7) is 7.80. The molecule has 1 aliphatic heterocycles. The van der Waals surface area contributed by atoms with E-state index in [1.165, 1.54) is 16.8 Å². The molecule has 2 heterocycles. The molecule has 0 radical (unpaired) electrons. The van der Waals surface area contributed by atoms with Gasteiger partial charge < -0.3 is 5.73 Å². The van der Waals surface area contributed by atoms with E-state index in [0.717, 1.165) is 43.1 Å². The van der Waals surface area contributed by atoms with Gasteiger partial charge in [0.1, 0.15) is 0 Å². The third-order valence-corrected chi connectivity index (χ3v) is 4.14. The summed E-state index contributed by atoms with van der Waals surface area (Å²) in [5, 5.41) is 0. The Bertz CT molecular complexity index is 634. The minimum atomic E-state index is 0.473. The summed E-state index contributed by atoms with van der Waals surface area (Å²) in [7, 11) is 0. The Morgan fingerprint density at radius 1 is 1.29 bits per heavy atom. The summed E-state index contributed by atoms with van der Waals surface area (Å²) in [5.74, 6) is 0.808.